The van der Waals surface area contributed by atoms with Crippen LogP contribution in [0.15, 0.2) is 24.3 Å². The number of nitrogens with one attached hydrogen (secondary N) is 1. The van der Waals surface area contributed by atoms with Crippen LogP contribution in [0.2, 0.25) is 0 Å². The Hall–Kier alpha value is -1.41. The summed E-state index contributed by atoms with van der Waals surface area (Å²) in [5, 5.41) is 2.70. The second-order valence-electron chi connectivity index (χ2n) is 6.26. The third kappa shape index (κ3) is 3.74. The minimum absolute atomic E-state index is 0.151. The molecule has 0 aromatic heterocycles. The molecule has 6 nitrogen and oxygen atoms in total. The molecular formula is C17H18Br2N2O4. The first-order chi connectivity index (χ1) is 11.9. The van der Waals surface area contributed by atoms with Gasteiger partial charge in [-0.1, -0.05) is 31.9 Å². The molecule has 1 aromatic carbocycles. The van der Waals surface area contributed by atoms with Gasteiger partial charge in [-0.15, -0.1) is 0 Å². The van der Waals surface area contributed by atoms with Crippen molar-refractivity contribution in [3.8, 4) is 5.75 Å². The van der Waals surface area contributed by atoms with E-state index in [0.29, 0.717) is 24.3 Å². The second kappa shape index (κ2) is 7.45. The van der Waals surface area contributed by atoms with Gasteiger partial charge in [0.15, 0.2) is 0 Å². The summed E-state index contributed by atoms with van der Waals surface area (Å²) in [6, 6.07) is 6.86. The SMILES string of the molecule is COc1ccc(NC(=O)CN2C(=O)[C@@H]3C[C@@H](Br)[C@@H](Br)C[C@H]3C2=O)cc1. The number of fused-ring (bicyclic) bond motifs is 1. The van der Waals surface area contributed by atoms with Crippen molar-refractivity contribution >= 4 is 55.3 Å². The number of likely N-dealkylation sites (tertiary alicyclic amines) is 1. The molecule has 0 bridgehead atoms. The zero-order valence-electron chi connectivity index (χ0n) is 13.6. The summed E-state index contributed by atoms with van der Waals surface area (Å²) in [4.78, 5) is 38.7. The highest BCUT2D eigenvalue weighted by molar-refractivity contribution is 9.12. The molecule has 1 saturated carbocycles. The zero-order chi connectivity index (χ0) is 18.1. The maximum absolute atomic E-state index is 12.5. The van der Waals surface area contributed by atoms with Gasteiger partial charge >= 0.3 is 0 Å². The molecule has 1 aliphatic carbocycles. The summed E-state index contributed by atoms with van der Waals surface area (Å²) >= 11 is 7.09. The molecule has 25 heavy (non-hydrogen) atoms. The van der Waals surface area contributed by atoms with Crippen LogP contribution >= 0.6 is 31.9 Å². The van der Waals surface area contributed by atoms with Crippen molar-refractivity contribution in [1.82, 2.24) is 4.90 Å². The van der Waals surface area contributed by atoms with Gasteiger partial charge in [0.05, 0.1) is 18.9 Å². The van der Waals surface area contributed by atoms with Gasteiger partial charge in [0.2, 0.25) is 17.7 Å². The Kier molecular flexibility index (Phi) is 5.48. The summed E-state index contributed by atoms with van der Waals surface area (Å²) in [5.74, 6) is -0.872. The molecule has 1 aromatic rings. The van der Waals surface area contributed by atoms with Gasteiger partial charge in [-0.25, -0.2) is 0 Å². The van der Waals surface area contributed by atoms with Gasteiger partial charge in [0, 0.05) is 15.3 Å². The summed E-state index contributed by atoms with van der Waals surface area (Å²) < 4.78 is 5.06. The van der Waals surface area contributed by atoms with Crippen LogP contribution in [-0.4, -0.2) is 45.9 Å². The van der Waals surface area contributed by atoms with Gasteiger partial charge < -0.3 is 10.1 Å². The Morgan fingerprint density at radius 2 is 1.64 bits per heavy atom. The van der Waals surface area contributed by atoms with Crippen molar-refractivity contribution in [3.63, 3.8) is 0 Å². The number of anilines is 1. The van der Waals surface area contributed by atoms with Crippen LogP contribution in [0, 0.1) is 11.8 Å². The highest BCUT2D eigenvalue weighted by atomic mass is 79.9. The highest BCUT2D eigenvalue weighted by Crippen LogP contribution is 2.43. The number of ether oxygens (including phenoxy) is 1. The predicted octanol–water partition coefficient (Wildman–Crippen LogP) is 2.56. The fourth-order valence-electron chi connectivity index (χ4n) is 3.34. The molecule has 0 radical (unpaired) electrons. The van der Waals surface area contributed by atoms with Crippen LogP contribution in [0.3, 0.4) is 0 Å². The first kappa shape index (κ1) is 18.4. The van der Waals surface area contributed by atoms with Crippen molar-refractivity contribution in [2.75, 3.05) is 19.0 Å². The first-order valence-electron chi connectivity index (χ1n) is 7.98. The molecule has 134 valence electrons. The monoisotopic (exact) mass is 472 g/mol. The molecule has 1 aliphatic heterocycles. The van der Waals surface area contributed by atoms with Crippen LogP contribution in [0.1, 0.15) is 12.8 Å². The minimum Gasteiger partial charge on any atom is -0.497 e. The van der Waals surface area contributed by atoms with Crippen LogP contribution in [-0.2, 0) is 14.4 Å². The molecule has 8 heteroatoms. The molecule has 2 aliphatic rings. The summed E-state index contributed by atoms with van der Waals surface area (Å²) in [7, 11) is 1.56. The third-order valence-electron chi connectivity index (χ3n) is 4.68. The standard InChI is InChI=1S/C17H18Br2N2O4/c1-25-10-4-2-9(3-5-10)20-15(22)8-21-16(23)11-6-13(18)14(19)7-12(11)17(21)24/h2-5,11-14H,6-8H2,1H3,(H,20,22)/t11-,12-,13-,14+/m1/s1. The van der Waals surface area contributed by atoms with E-state index in [1.54, 1.807) is 31.4 Å². The summed E-state index contributed by atoms with van der Waals surface area (Å²) in [6.45, 7) is -0.253. The number of benzene rings is 1. The Bertz CT molecular complexity index is 666. The van der Waals surface area contributed by atoms with Crippen molar-refractivity contribution in [2.24, 2.45) is 11.8 Å². The normalized spacial score (nSPS) is 28.7. The summed E-state index contributed by atoms with van der Waals surface area (Å²) in [5.41, 5.74) is 0.586. The average molecular weight is 474 g/mol. The number of nitrogens with zero attached hydrogens (tertiary/aromatic N) is 1. The molecule has 1 N–H and O–H groups in total. The summed E-state index contributed by atoms with van der Waals surface area (Å²) in [6.07, 6.45) is 1.20. The van der Waals surface area contributed by atoms with Crippen LogP contribution in [0.5, 0.6) is 5.75 Å². The number of carbonyl (C=O) groups is 3. The lowest BCUT2D eigenvalue weighted by molar-refractivity contribution is -0.142. The molecule has 2 fully saturated rings. The van der Waals surface area contributed by atoms with E-state index in [2.05, 4.69) is 37.2 Å². The van der Waals surface area contributed by atoms with Gasteiger partial charge in [-0.3, -0.25) is 19.3 Å². The van der Waals surface area contributed by atoms with E-state index < -0.39 is 5.91 Å². The molecule has 4 atom stereocenters. The van der Waals surface area contributed by atoms with Crippen molar-refractivity contribution < 1.29 is 19.1 Å². The van der Waals surface area contributed by atoms with E-state index in [1.165, 1.54) is 0 Å². The number of hydrogen-bond acceptors (Lipinski definition) is 4. The van der Waals surface area contributed by atoms with Crippen LogP contribution in [0.4, 0.5) is 5.69 Å². The fourth-order valence-corrected chi connectivity index (χ4v) is 4.58. The number of halogens is 2. The Morgan fingerprint density at radius 1 is 1.12 bits per heavy atom. The predicted molar refractivity (Wildman–Crippen MR) is 100.0 cm³/mol. The lowest BCUT2D eigenvalue weighted by Gasteiger charge is -2.29. The highest BCUT2D eigenvalue weighted by Gasteiger charge is 2.52. The second-order valence-corrected chi connectivity index (χ2v) is 8.61. The number of methoxy groups -OCH3 is 1. The van der Waals surface area contributed by atoms with Crippen molar-refractivity contribution in [1.29, 1.82) is 0 Å². The van der Waals surface area contributed by atoms with Crippen LogP contribution in [0.25, 0.3) is 0 Å². The smallest absolute Gasteiger partial charge is 0.244 e. The van der Waals surface area contributed by atoms with Crippen LogP contribution < -0.4 is 10.1 Å². The van der Waals surface area contributed by atoms with Gasteiger partial charge in [-0.2, -0.15) is 0 Å². The number of amides is 3. The number of hydrogen-bond donors (Lipinski definition) is 1. The van der Waals surface area contributed by atoms with E-state index >= 15 is 0 Å². The molecule has 3 amide bonds. The number of carbonyl (C=O) groups excluding carboxylic acids is 3. The van der Waals surface area contributed by atoms with E-state index in [-0.39, 0.29) is 39.8 Å². The number of rotatable bonds is 4. The maximum Gasteiger partial charge on any atom is 0.244 e. The molecule has 1 saturated heterocycles. The average Bonchev–Trinajstić information content (AvgIpc) is 2.81. The van der Waals surface area contributed by atoms with Crippen molar-refractivity contribution in [3.05, 3.63) is 24.3 Å². The van der Waals surface area contributed by atoms with Gasteiger partial charge in [-0.05, 0) is 37.1 Å². The van der Waals surface area contributed by atoms with Crippen molar-refractivity contribution in [2.45, 2.75) is 22.5 Å². The van der Waals surface area contributed by atoms with E-state index in [1.807, 2.05) is 0 Å². The Labute approximate surface area is 162 Å². The molecule has 0 spiro atoms. The Balaban J connectivity index is 1.64. The molecular weight excluding hydrogens is 456 g/mol. The largest absolute Gasteiger partial charge is 0.497 e. The topological polar surface area (TPSA) is 75.7 Å². The lowest BCUT2D eigenvalue weighted by atomic mass is 9.81. The molecule has 1 heterocycles. The fraction of sp³-hybridized carbons (Fsp3) is 0.471. The maximum atomic E-state index is 12.5. The van der Waals surface area contributed by atoms with E-state index in [9.17, 15) is 14.4 Å². The quantitative estimate of drug-likeness (QED) is 0.538. The Morgan fingerprint density at radius 3 is 2.12 bits per heavy atom. The van der Waals surface area contributed by atoms with Gasteiger partial charge in [0.1, 0.15) is 12.3 Å². The number of imide groups is 1. The molecule has 0 unspecified atom stereocenters. The number of alkyl halides is 2. The molecule has 3 rings (SSSR count). The zero-order valence-corrected chi connectivity index (χ0v) is 16.7. The third-order valence-corrected chi connectivity index (χ3v) is 7.41. The minimum atomic E-state index is -0.392. The first-order valence-corrected chi connectivity index (χ1v) is 9.81. The van der Waals surface area contributed by atoms with E-state index in [4.69, 9.17) is 4.74 Å². The lowest BCUT2D eigenvalue weighted by Crippen LogP contribution is -2.38. The van der Waals surface area contributed by atoms with E-state index in [0.717, 1.165) is 4.90 Å². The van der Waals surface area contributed by atoms with Gasteiger partial charge in [0.25, 0.3) is 0 Å².